The van der Waals surface area contributed by atoms with Gasteiger partial charge in [-0.1, -0.05) is 66.4 Å². The van der Waals surface area contributed by atoms with Gasteiger partial charge < -0.3 is 14.2 Å². The van der Waals surface area contributed by atoms with Gasteiger partial charge in [-0.05, 0) is 74.1 Å². The minimum absolute atomic E-state index is 0.0425. The van der Waals surface area contributed by atoms with Crippen LogP contribution in [-0.4, -0.2) is 26.8 Å². The molecule has 35 heavy (non-hydrogen) atoms. The smallest absolute Gasteiger partial charge is 0.311 e. The lowest BCUT2D eigenvalue weighted by molar-refractivity contribution is -0.152. The van der Waals surface area contributed by atoms with Crippen molar-refractivity contribution in [1.29, 1.82) is 0 Å². The number of unbranched alkanes of at least 4 members (excludes halogenated alkanes) is 3. The number of esters is 1. The quantitative estimate of drug-likeness (QED) is 0.179. The molecule has 0 saturated carbocycles. The molecule has 1 atom stereocenters. The van der Waals surface area contributed by atoms with Crippen molar-refractivity contribution in [2.75, 3.05) is 20.8 Å². The molecule has 0 aliphatic heterocycles. The van der Waals surface area contributed by atoms with E-state index in [9.17, 15) is 4.79 Å². The zero-order valence-electron chi connectivity index (χ0n) is 24.1. The first-order chi connectivity index (χ1) is 16.2. The van der Waals surface area contributed by atoms with Gasteiger partial charge in [0.05, 0.1) is 19.6 Å². The third-order valence-electron chi connectivity index (χ3n) is 7.27. The lowest BCUT2D eigenvalue weighted by Gasteiger charge is -2.36. The van der Waals surface area contributed by atoms with E-state index in [4.69, 9.17) is 14.2 Å². The number of benzene rings is 1. The second-order valence-corrected chi connectivity index (χ2v) is 12.8. The predicted octanol–water partition coefficient (Wildman–Crippen LogP) is 8.37. The Hall–Kier alpha value is -1.97. The van der Waals surface area contributed by atoms with Crippen LogP contribution in [0.15, 0.2) is 23.8 Å². The van der Waals surface area contributed by atoms with Crippen LogP contribution in [0.25, 0.3) is 0 Å². The van der Waals surface area contributed by atoms with Crippen LogP contribution < -0.4 is 9.47 Å². The van der Waals surface area contributed by atoms with Crippen molar-refractivity contribution in [1.82, 2.24) is 0 Å². The zero-order valence-corrected chi connectivity index (χ0v) is 24.1. The molecule has 0 amide bonds. The first kappa shape index (κ1) is 29.3. The van der Waals surface area contributed by atoms with Crippen molar-refractivity contribution in [2.45, 2.75) is 112 Å². The molecular weight excluding hydrogens is 436 g/mol. The number of hydrogen-bond donors (Lipinski definition) is 0. The Labute approximate surface area is 214 Å². The number of hydrogen-bond acceptors (Lipinski definition) is 4. The first-order valence-electron chi connectivity index (χ1n) is 13.4. The van der Waals surface area contributed by atoms with E-state index >= 15 is 0 Å². The van der Waals surface area contributed by atoms with E-state index in [1.807, 2.05) is 20.8 Å². The van der Waals surface area contributed by atoms with Crippen LogP contribution >= 0.6 is 0 Å². The Morgan fingerprint density at radius 1 is 1.00 bits per heavy atom. The van der Waals surface area contributed by atoms with Gasteiger partial charge in [-0.25, -0.2) is 0 Å². The summed E-state index contributed by atoms with van der Waals surface area (Å²) < 4.78 is 17.6. The highest BCUT2D eigenvalue weighted by atomic mass is 16.5. The molecule has 1 aliphatic carbocycles. The summed E-state index contributed by atoms with van der Waals surface area (Å²) in [7, 11) is 3.50. The molecule has 0 aromatic heterocycles. The van der Waals surface area contributed by atoms with Gasteiger partial charge in [0.2, 0.25) is 0 Å². The molecule has 1 aromatic rings. The fourth-order valence-corrected chi connectivity index (χ4v) is 5.18. The van der Waals surface area contributed by atoms with Crippen molar-refractivity contribution in [2.24, 2.45) is 10.8 Å². The van der Waals surface area contributed by atoms with Crippen LogP contribution in [0.3, 0.4) is 0 Å². The van der Waals surface area contributed by atoms with Gasteiger partial charge in [-0.3, -0.25) is 4.79 Å². The van der Waals surface area contributed by atoms with E-state index < -0.39 is 5.41 Å². The van der Waals surface area contributed by atoms with Crippen LogP contribution in [0.4, 0.5) is 0 Å². The number of rotatable bonds is 11. The zero-order chi connectivity index (χ0) is 26.4. The molecule has 4 heteroatoms. The molecule has 2 rings (SSSR count). The lowest BCUT2D eigenvalue weighted by atomic mass is 9.70. The second kappa shape index (κ2) is 11.8. The third-order valence-corrected chi connectivity index (χ3v) is 7.27. The highest BCUT2D eigenvalue weighted by Gasteiger charge is 2.34. The van der Waals surface area contributed by atoms with Crippen molar-refractivity contribution in [3.63, 3.8) is 0 Å². The van der Waals surface area contributed by atoms with Gasteiger partial charge in [0.15, 0.2) is 0 Å². The molecule has 4 nitrogen and oxygen atoms in total. The summed E-state index contributed by atoms with van der Waals surface area (Å²) in [5, 5.41) is 0. The number of carbonyl (C=O) groups excluding carboxylic acids is 1. The second-order valence-electron chi connectivity index (χ2n) is 12.8. The van der Waals surface area contributed by atoms with E-state index in [2.05, 4.69) is 52.8 Å². The molecule has 0 heterocycles. The van der Waals surface area contributed by atoms with Crippen molar-refractivity contribution >= 4 is 5.97 Å². The van der Waals surface area contributed by atoms with Gasteiger partial charge in [0.1, 0.15) is 18.1 Å². The molecule has 198 valence electrons. The number of allylic oxidation sites excluding steroid dienone is 1. The van der Waals surface area contributed by atoms with Crippen LogP contribution in [-0.2, 0) is 14.9 Å². The maximum Gasteiger partial charge on any atom is 0.311 e. The SMILES string of the molecule is CCCCCCC(C)(C)c1cc(OC)c([C@H]2C=C(COC(=O)C(C)(C)C)CC(C)(C)C2)c(OC)c1. The average Bonchev–Trinajstić information content (AvgIpc) is 2.77. The standard InChI is InChI=1S/C31H50O4/c1-11-12-13-14-15-31(7,8)24-17-25(33-9)27(26(18-24)34-10)23-16-22(19-30(5,6)20-23)21-35-28(32)29(2,3)4/h16-18,23H,11-15,19-21H2,1-10H3/t23-/m0/s1. The number of methoxy groups -OCH3 is 2. The molecule has 0 spiro atoms. The summed E-state index contributed by atoms with van der Waals surface area (Å²) in [4.78, 5) is 12.4. The van der Waals surface area contributed by atoms with Crippen molar-refractivity contribution in [3.05, 3.63) is 34.9 Å². The van der Waals surface area contributed by atoms with Crippen LogP contribution in [0, 0.1) is 10.8 Å². The summed E-state index contributed by atoms with van der Waals surface area (Å²) in [5.41, 5.74) is 3.12. The monoisotopic (exact) mass is 486 g/mol. The van der Waals surface area contributed by atoms with Gasteiger partial charge in [0, 0.05) is 11.5 Å². The molecule has 1 aromatic carbocycles. The molecule has 0 fully saturated rings. The van der Waals surface area contributed by atoms with Crippen LogP contribution in [0.5, 0.6) is 11.5 Å². The Balaban J connectivity index is 2.40. The molecule has 0 radical (unpaired) electrons. The van der Waals surface area contributed by atoms with Gasteiger partial charge in [-0.15, -0.1) is 0 Å². The fourth-order valence-electron chi connectivity index (χ4n) is 5.18. The van der Waals surface area contributed by atoms with Gasteiger partial charge >= 0.3 is 5.97 Å². The molecule has 0 bridgehead atoms. The number of carbonyl (C=O) groups is 1. The van der Waals surface area contributed by atoms with E-state index in [0.717, 1.165) is 41.9 Å². The largest absolute Gasteiger partial charge is 0.496 e. The summed E-state index contributed by atoms with van der Waals surface area (Å²) in [5.74, 6) is 1.73. The summed E-state index contributed by atoms with van der Waals surface area (Å²) in [6, 6.07) is 4.43. The summed E-state index contributed by atoms with van der Waals surface area (Å²) in [6.45, 7) is 17.5. The van der Waals surface area contributed by atoms with E-state index in [1.54, 1.807) is 14.2 Å². The molecule has 0 N–H and O–H groups in total. The lowest BCUT2D eigenvalue weighted by Crippen LogP contribution is -2.27. The average molecular weight is 487 g/mol. The van der Waals surface area contributed by atoms with Crippen molar-refractivity contribution < 1.29 is 19.0 Å². The molecule has 0 saturated heterocycles. The van der Waals surface area contributed by atoms with Crippen LogP contribution in [0.2, 0.25) is 0 Å². The minimum Gasteiger partial charge on any atom is -0.496 e. The van der Waals surface area contributed by atoms with Gasteiger partial charge in [-0.2, -0.15) is 0 Å². The molecule has 1 aliphatic rings. The Morgan fingerprint density at radius 3 is 2.11 bits per heavy atom. The maximum absolute atomic E-state index is 12.4. The Morgan fingerprint density at radius 2 is 1.60 bits per heavy atom. The summed E-state index contributed by atoms with van der Waals surface area (Å²) in [6.07, 6.45) is 10.3. The minimum atomic E-state index is -0.504. The summed E-state index contributed by atoms with van der Waals surface area (Å²) >= 11 is 0. The Bertz CT molecular complexity index is 861. The predicted molar refractivity (Wildman–Crippen MR) is 146 cm³/mol. The Kier molecular flexibility index (Phi) is 9.90. The number of ether oxygens (including phenoxy) is 3. The van der Waals surface area contributed by atoms with Gasteiger partial charge in [0.25, 0.3) is 0 Å². The highest BCUT2D eigenvalue weighted by Crippen LogP contribution is 2.49. The molecule has 0 unspecified atom stereocenters. The maximum atomic E-state index is 12.4. The highest BCUT2D eigenvalue weighted by molar-refractivity contribution is 5.75. The van der Waals surface area contributed by atoms with E-state index in [0.29, 0.717) is 6.61 Å². The topological polar surface area (TPSA) is 44.8 Å². The fraction of sp³-hybridized carbons (Fsp3) is 0.710. The normalized spacial score (nSPS) is 18.1. The van der Waals surface area contributed by atoms with Crippen LogP contribution in [0.1, 0.15) is 117 Å². The van der Waals surface area contributed by atoms with E-state index in [1.165, 1.54) is 31.2 Å². The molecular formula is C31H50O4. The van der Waals surface area contributed by atoms with Crippen molar-refractivity contribution in [3.8, 4) is 11.5 Å². The van der Waals surface area contributed by atoms with E-state index in [-0.39, 0.29) is 22.7 Å². The first-order valence-corrected chi connectivity index (χ1v) is 13.4. The third kappa shape index (κ3) is 8.02.